The Morgan fingerprint density at radius 1 is 0.875 bits per heavy atom. The van der Waals surface area contributed by atoms with Crippen molar-refractivity contribution in [1.29, 1.82) is 0 Å². The number of hydrogen-bond acceptors (Lipinski definition) is 3. The summed E-state index contributed by atoms with van der Waals surface area (Å²) in [6, 6.07) is 25.2. The minimum absolute atomic E-state index is 0.480. The average Bonchev–Trinajstić information content (AvgIpc) is 2.63. The SMILES string of the molecule is Clc1ccc(COc2ccccc2/C=N/Nc2ccccc2)cc1. The van der Waals surface area contributed by atoms with Crippen molar-refractivity contribution in [3.05, 3.63) is 95.0 Å². The number of hydrazone groups is 1. The van der Waals surface area contributed by atoms with Crippen LogP contribution in [-0.2, 0) is 6.61 Å². The molecule has 3 nitrogen and oxygen atoms in total. The molecule has 1 N–H and O–H groups in total. The molecule has 0 aromatic heterocycles. The van der Waals surface area contributed by atoms with Gasteiger partial charge in [-0.3, -0.25) is 5.43 Å². The van der Waals surface area contributed by atoms with Gasteiger partial charge in [0.05, 0.1) is 11.9 Å². The van der Waals surface area contributed by atoms with Crippen LogP contribution >= 0.6 is 11.6 Å². The molecule has 0 aliphatic rings. The highest BCUT2D eigenvalue weighted by atomic mass is 35.5. The Labute approximate surface area is 146 Å². The van der Waals surface area contributed by atoms with Gasteiger partial charge in [0, 0.05) is 10.6 Å². The molecule has 3 aromatic rings. The highest BCUT2D eigenvalue weighted by molar-refractivity contribution is 6.30. The number of para-hydroxylation sites is 2. The Bertz CT molecular complexity index is 801. The number of benzene rings is 3. The normalized spacial score (nSPS) is 10.7. The van der Waals surface area contributed by atoms with E-state index < -0.39 is 0 Å². The van der Waals surface area contributed by atoms with E-state index in [2.05, 4.69) is 10.5 Å². The molecule has 0 saturated carbocycles. The quantitative estimate of drug-likeness (QED) is 0.485. The lowest BCUT2D eigenvalue weighted by Gasteiger charge is -2.09. The molecular formula is C20H17ClN2O. The van der Waals surface area contributed by atoms with Crippen LogP contribution in [0.3, 0.4) is 0 Å². The van der Waals surface area contributed by atoms with Crippen molar-refractivity contribution in [3.63, 3.8) is 0 Å². The van der Waals surface area contributed by atoms with E-state index in [1.807, 2.05) is 78.9 Å². The van der Waals surface area contributed by atoms with E-state index in [1.54, 1.807) is 6.21 Å². The first-order chi connectivity index (χ1) is 11.8. The number of hydrogen-bond donors (Lipinski definition) is 1. The summed E-state index contributed by atoms with van der Waals surface area (Å²) in [5.41, 5.74) is 5.91. The Morgan fingerprint density at radius 2 is 1.58 bits per heavy atom. The van der Waals surface area contributed by atoms with Crippen molar-refractivity contribution in [1.82, 2.24) is 0 Å². The maximum atomic E-state index is 5.90. The first kappa shape index (κ1) is 16.1. The monoisotopic (exact) mass is 336 g/mol. The molecule has 0 radical (unpaired) electrons. The Kier molecular flexibility index (Phi) is 5.48. The van der Waals surface area contributed by atoms with E-state index >= 15 is 0 Å². The topological polar surface area (TPSA) is 33.6 Å². The highest BCUT2D eigenvalue weighted by Gasteiger charge is 2.01. The van der Waals surface area contributed by atoms with E-state index in [9.17, 15) is 0 Å². The third-order valence-electron chi connectivity index (χ3n) is 3.40. The molecule has 0 aliphatic heterocycles. The van der Waals surface area contributed by atoms with Gasteiger partial charge in [0.15, 0.2) is 0 Å². The molecule has 0 aliphatic carbocycles. The van der Waals surface area contributed by atoms with E-state index in [4.69, 9.17) is 16.3 Å². The van der Waals surface area contributed by atoms with Gasteiger partial charge in [-0.1, -0.05) is 54.1 Å². The van der Waals surface area contributed by atoms with Crippen LogP contribution in [0.15, 0.2) is 84.0 Å². The number of rotatable bonds is 6. The van der Waals surface area contributed by atoms with Gasteiger partial charge >= 0.3 is 0 Å². The fourth-order valence-corrected chi connectivity index (χ4v) is 2.28. The van der Waals surface area contributed by atoms with Gasteiger partial charge in [0.1, 0.15) is 12.4 Å². The van der Waals surface area contributed by atoms with Crippen molar-refractivity contribution >= 4 is 23.5 Å². The molecule has 3 aromatic carbocycles. The molecule has 4 heteroatoms. The maximum absolute atomic E-state index is 5.90. The second-order valence-electron chi connectivity index (χ2n) is 5.19. The van der Waals surface area contributed by atoms with Crippen LogP contribution in [0.25, 0.3) is 0 Å². The summed E-state index contributed by atoms with van der Waals surface area (Å²) in [7, 11) is 0. The van der Waals surface area contributed by atoms with Gasteiger partial charge in [0.25, 0.3) is 0 Å². The summed E-state index contributed by atoms with van der Waals surface area (Å²) >= 11 is 5.90. The van der Waals surface area contributed by atoms with Crippen LogP contribution in [0.5, 0.6) is 5.75 Å². The average molecular weight is 337 g/mol. The van der Waals surface area contributed by atoms with Crippen molar-refractivity contribution in [3.8, 4) is 5.75 Å². The van der Waals surface area contributed by atoms with Gasteiger partial charge in [-0.05, 0) is 42.0 Å². The smallest absolute Gasteiger partial charge is 0.128 e. The van der Waals surface area contributed by atoms with Crippen LogP contribution in [-0.4, -0.2) is 6.21 Å². The molecule has 24 heavy (non-hydrogen) atoms. The molecule has 0 amide bonds. The van der Waals surface area contributed by atoms with E-state index in [0.29, 0.717) is 6.61 Å². The number of nitrogens with zero attached hydrogens (tertiary/aromatic N) is 1. The zero-order chi connectivity index (χ0) is 16.6. The zero-order valence-electron chi connectivity index (χ0n) is 13.0. The van der Waals surface area contributed by atoms with Gasteiger partial charge in [0.2, 0.25) is 0 Å². The van der Waals surface area contributed by atoms with Crippen molar-refractivity contribution < 1.29 is 4.74 Å². The summed E-state index contributed by atoms with van der Waals surface area (Å²) in [6.45, 7) is 0.480. The van der Waals surface area contributed by atoms with Gasteiger partial charge < -0.3 is 4.74 Å². The molecule has 0 spiro atoms. The highest BCUT2D eigenvalue weighted by Crippen LogP contribution is 2.18. The van der Waals surface area contributed by atoms with Crippen molar-refractivity contribution in [2.75, 3.05) is 5.43 Å². The summed E-state index contributed by atoms with van der Waals surface area (Å²) in [4.78, 5) is 0. The van der Waals surface area contributed by atoms with Crippen LogP contribution in [0.2, 0.25) is 5.02 Å². The fourth-order valence-electron chi connectivity index (χ4n) is 2.15. The largest absolute Gasteiger partial charge is 0.488 e. The van der Waals surface area contributed by atoms with Crippen LogP contribution in [0.1, 0.15) is 11.1 Å². The minimum atomic E-state index is 0.480. The zero-order valence-corrected chi connectivity index (χ0v) is 13.8. The summed E-state index contributed by atoms with van der Waals surface area (Å²) in [6.07, 6.45) is 1.75. The van der Waals surface area contributed by atoms with E-state index in [-0.39, 0.29) is 0 Å². The van der Waals surface area contributed by atoms with Gasteiger partial charge in [-0.15, -0.1) is 0 Å². The summed E-state index contributed by atoms with van der Waals surface area (Å²) in [5, 5.41) is 4.99. The van der Waals surface area contributed by atoms with Crippen molar-refractivity contribution in [2.45, 2.75) is 6.61 Å². The predicted octanol–water partition coefficient (Wildman–Crippen LogP) is 5.37. The minimum Gasteiger partial charge on any atom is -0.488 e. The number of ether oxygens (including phenoxy) is 1. The molecule has 0 atom stereocenters. The lowest BCUT2D eigenvalue weighted by molar-refractivity contribution is 0.306. The molecular weight excluding hydrogens is 320 g/mol. The second-order valence-corrected chi connectivity index (χ2v) is 5.63. The molecule has 3 rings (SSSR count). The molecule has 0 unspecified atom stereocenters. The van der Waals surface area contributed by atoms with E-state index in [1.165, 1.54) is 0 Å². The number of anilines is 1. The standard InChI is InChI=1S/C20H17ClN2O/c21-18-12-10-16(11-13-18)15-24-20-9-5-4-6-17(20)14-22-23-19-7-2-1-3-8-19/h1-14,23H,15H2/b22-14+. The third kappa shape index (κ3) is 4.61. The summed E-state index contributed by atoms with van der Waals surface area (Å²) < 4.78 is 5.90. The Balaban J connectivity index is 1.65. The Morgan fingerprint density at radius 3 is 2.38 bits per heavy atom. The van der Waals surface area contributed by atoms with Gasteiger partial charge in [-0.2, -0.15) is 5.10 Å². The molecule has 0 saturated heterocycles. The lowest BCUT2D eigenvalue weighted by atomic mass is 10.2. The molecule has 120 valence electrons. The number of halogens is 1. The number of nitrogens with one attached hydrogen (secondary N) is 1. The summed E-state index contributed by atoms with van der Waals surface area (Å²) in [5.74, 6) is 0.783. The molecule has 0 heterocycles. The van der Waals surface area contributed by atoms with E-state index in [0.717, 1.165) is 27.6 Å². The van der Waals surface area contributed by atoms with Crippen LogP contribution in [0, 0.1) is 0 Å². The lowest BCUT2D eigenvalue weighted by Crippen LogP contribution is -1.99. The predicted molar refractivity (Wildman–Crippen MR) is 99.9 cm³/mol. The molecule has 0 fully saturated rings. The first-order valence-corrected chi connectivity index (χ1v) is 7.99. The van der Waals surface area contributed by atoms with Crippen molar-refractivity contribution in [2.24, 2.45) is 5.10 Å². The third-order valence-corrected chi connectivity index (χ3v) is 3.65. The fraction of sp³-hybridized carbons (Fsp3) is 0.0500. The maximum Gasteiger partial charge on any atom is 0.128 e. The van der Waals surface area contributed by atoms with Crippen LogP contribution < -0.4 is 10.2 Å². The van der Waals surface area contributed by atoms with Crippen LogP contribution in [0.4, 0.5) is 5.69 Å². The molecule has 0 bridgehead atoms. The second kappa shape index (κ2) is 8.18. The first-order valence-electron chi connectivity index (χ1n) is 7.62. The van der Waals surface area contributed by atoms with Gasteiger partial charge in [-0.25, -0.2) is 0 Å². The Hall–Kier alpha value is -2.78.